The molecule has 5 heterocycles. The molecule has 11 heteroatoms. The number of piperazine rings is 1. The number of aromatic nitrogens is 5. The zero-order valence-electron chi connectivity index (χ0n) is 22.8. The highest BCUT2D eigenvalue weighted by Gasteiger charge is 2.25. The van der Waals surface area contributed by atoms with E-state index in [1.54, 1.807) is 50.1 Å². The monoisotopic (exact) mass is 538 g/mol. The number of hydrogen-bond donors (Lipinski definition) is 2. The molecule has 11 nitrogen and oxygen atoms in total. The van der Waals surface area contributed by atoms with Crippen molar-refractivity contribution in [2.75, 3.05) is 30.4 Å². The van der Waals surface area contributed by atoms with Crippen LogP contribution in [0.2, 0.25) is 0 Å². The predicted molar refractivity (Wildman–Crippen MR) is 153 cm³/mol. The van der Waals surface area contributed by atoms with Crippen LogP contribution >= 0.6 is 0 Å². The highest BCUT2D eigenvalue weighted by Crippen LogP contribution is 2.32. The van der Waals surface area contributed by atoms with Crippen LogP contribution in [-0.2, 0) is 0 Å². The quantitative estimate of drug-likeness (QED) is 0.327. The number of nitrogens with zero attached hydrogens (tertiary/aromatic N) is 6. The lowest BCUT2D eigenvalue weighted by atomic mass is 10.1. The van der Waals surface area contributed by atoms with Crippen molar-refractivity contribution < 1.29 is 14.3 Å². The van der Waals surface area contributed by atoms with Crippen LogP contribution in [0.1, 0.15) is 29.9 Å². The van der Waals surface area contributed by atoms with E-state index in [0.717, 1.165) is 24.5 Å². The third-order valence-corrected chi connectivity index (χ3v) is 6.79. The molecule has 2 N–H and O–H groups in total. The van der Waals surface area contributed by atoms with Crippen molar-refractivity contribution in [1.29, 1.82) is 0 Å². The number of fused-ring (bicyclic) bond motifs is 2. The average Bonchev–Trinajstić information content (AvgIpc) is 3.32. The second kappa shape index (κ2) is 10.4. The second-order valence-electron chi connectivity index (χ2n) is 10.1. The van der Waals surface area contributed by atoms with Crippen LogP contribution in [-0.4, -0.2) is 62.5 Å². The molecule has 0 bridgehead atoms. The summed E-state index contributed by atoms with van der Waals surface area (Å²) < 4.78 is 13.2. The molecule has 0 spiro atoms. The molecule has 204 valence electrons. The molecule has 4 aromatic heterocycles. The van der Waals surface area contributed by atoms with E-state index in [0.29, 0.717) is 57.4 Å². The number of benzene rings is 1. The smallest absolute Gasteiger partial charge is 0.257 e. The van der Waals surface area contributed by atoms with Crippen molar-refractivity contribution in [2.45, 2.75) is 32.9 Å². The molecular weight excluding hydrogens is 508 g/mol. The number of anilines is 2. The van der Waals surface area contributed by atoms with Crippen LogP contribution in [0.25, 0.3) is 16.7 Å². The Morgan fingerprint density at radius 2 is 1.77 bits per heavy atom. The Bertz CT molecular complexity index is 1710. The van der Waals surface area contributed by atoms with Crippen molar-refractivity contribution in [1.82, 2.24) is 29.7 Å². The van der Waals surface area contributed by atoms with Crippen LogP contribution < -0.4 is 25.0 Å². The minimum Gasteiger partial charge on any atom is -0.481 e. The Morgan fingerprint density at radius 1 is 1.00 bits per heavy atom. The maximum absolute atomic E-state index is 13.6. The lowest BCUT2D eigenvalue weighted by Crippen LogP contribution is -2.54. The molecule has 2 unspecified atom stereocenters. The number of methoxy groups -OCH3 is 1. The van der Waals surface area contributed by atoms with Crippen molar-refractivity contribution in [3.8, 4) is 17.4 Å². The summed E-state index contributed by atoms with van der Waals surface area (Å²) in [7, 11) is 1.55. The fraction of sp³-hybridized carbons (Fsp3) is 0.276. The molecule has 1 aliphatic rings. The van der Waals surface area contributed by atoms with Crippen molar-refractivity contribution in [2.24, 2.45) is 0 Å². The van der Waals surface area contributed by atoms with Crippen molar-refractivity contribution >= 4 is 34.0 Å². The summed E-state index contributed by atoms with van der Waals surface area (Å²) in [5.74, 6) is 1.14. The molecule has 1 amide bonds. The summed E-state index contributed by atoms with van der Waals surface area (Å²) in [6, 6.07) is 9.62. The average molecular weight is 539 g/mol. The van der Waals surface area contributed by atoms with Gasteiger partial charge in [-0.25, -0.2) is 9.97 Å². The van der Waals surface area contributed by atoms with E-state index in [-0.39, 0.29) is 5.91 Å². The van der Waals surface area contributed by atoms with E-state index >= 15 is 0 Å². The van der Waals surface area contributed by atoms with Gasteiger partial charge in [0.2, 0.25) is 5.88 Å². The lowest BCUT2D eigenvalue weighted by molar-refractivity contribution is 0.102. The van der Waals surface area contributed by atoms with E-state index in [1.165, 1.54) is 0 Å². The third-order valence-electron chi connectivity index (χ3n) is 6.79. The minimum atomic E-state index is -0.299. The predicted octanol–water partition coefficient (Wildman–Crippen LogP) is 4.22. The summed E-state index contributed by atoms with van der Waals surface area (Å²) in [5, 5.41) is 6.57. The van der Waals surface area contributed by atoms with Crippen molar-refractivity contribution in [3.05, 3.63) is 72.6 Å². The third kappa shape index (κ3) is 4.98. The van der Waals surface area contributed by atoms with Gasteiger partial charge in [-0.2, -0.15) is 0 Å². The molecule has 40 heavy (non-hydrogen) atoms. The maximum Gasteiger partial charge on any atom is 0.257 e. The fourth-order valence-corrected chi connectivity index (χ4v) is 5.23. The molecule has 2 atom stereocenters. The summed E-state index contributed by atoms with van der Waals surface area (Å²) >= 11 is 0. The first-order valence-corrected chi connectivity index (χ1v) is 13.1. The Morgan fingerprint density at radius 3 is 2.55 bits per heavy atom. The van der Waals surface area contributed by atoms with Gasteiger partial charge >= 0.3 is 0 Å². The largest absolute Gasteiger partial charge is 0.481 e. The Hall–Kier alpha value is -4.77. The van der Waals surface area contributed by atoms with E-state index in [4.69, 9.17) is 9.47 Å². The van der Waals surface area contributed by atoms with E-state index < -0.39 is 0 Å². The highest BCUT2D eigenvalue weighted by molar-refractivity contribution is 6.13. The fourth-order valence-electron chi connectivity index (χ4n) is 5.23. The van der Waals surface area contributed by atoms with Gasteiger partial charge in [0.25, 0.3) is 5.91 Å². The summed E-state index contributed by atoms with van der Waals surface area (Å²) in [4.78, 5) is 33.8. The number of nitrogens with one attached hydrogen (secondary N) is 2. The van der Waals surface area contributed by atoms with Gasteiger partial charge in [-0.3, -0.25) is 14.8 Å². The first-order valence-electron chi connectivity index (χ1n) is 13.1. The van der Waals surface area contributed by atoms with Gasteiger partial charge in [0.1, 0.15) is 16.8 Å². The molecule has 1 fully saturated rings. The van der Waals surface area contributed by atoms with Crippen LogP contribution in [0.5, 0.6) is 17.4 Å². The normalized spacial score (nSPS) is 17.2. The highest BCUT2D eigenvalue weighted by atomic mass is 16.5. The number of pyridine rings is 2. The van der Waals surface area contributed by atoms with Gasteiger partial charge in [0.05, 0.1) is 29.7 Å². The Kier molecular flexibility index (Phi) is 6.64. The van der Waals surface area contributed by atoms with Gasteiger partial charge in [0.15, 0.2) is 11.4 Å². The first kappa shape index (κ1) is 25.5. The second-order valence-corrected chi connectivity index (χ2v) is 10.1. The number of aryl methyl sites for hydroxylation is 1. The van der Waals surface area contributed by atoms with E-state index in [1.807, 2.05) is 29.7 Å². The molecule has 1 aliphatic heterocycles. The molecule has 1 aromatic carbocycles. The number of carbonyl (C=O) groups is 1. The van der Waals surface area contributed by atoms with Crippen LogP contribution in [0.4, 0.5) is 11.4 Å². The molecule has 1 saturated heterocycles. The number of ether oxygens (including phenoxy) is 2. The van der Waals surface area contributed by atoms with Crippen molar-refractivity contribution in [3.63, 3.8) is 0 Å². The zero-order chi connectivity index (χ0) is 27.8. The standard InChI is InChI=1S/C29H30N8O3/c1-17-13-36(14-18(2)33-17)23-6-5-22(26-27(23)32-10-9-31-26)29(38)35-20-11-24(28-34-19(3)15-37(28)16-20)40-21-7-8-30-25(12-21)39-4/h5-12,15-18,33H,13-14H2,1-4H3,(H,35,38). The van der Waals surface area contributed by atoms with E-state index in [2.05, 4.69) is 49.3 Å². The summed E-state index contributed by atoms with van der Waals surface area (Å²) in [5.41, 5.74) is 4.63. The number of rotatable bonds is 6. The van der Waals surface area contributed by atoms with Crippen LogP contribution in [0, 0.1) is 6.92 Å². The molecule has 5 aromatic rings. The Balaban J connectivity index is 1.33. The summed E-state index contributed by atoms with van der Waals surface area (Å²) in [6.07, 6.45) is 8.55. The molecule has 6 rings (SSSR count). The molecule has 0 radical (unpaired) electrons. The SMILES string of the molecule is COc1cc(Oc2cc(NC(=O)c3ccc(N4CC(C)NC(C)C4)c4nccnc34)cn3cc(C)nc23)ccn1. The number of carbonyl (C=O) groups excluding carboxylic acids is 1. The first-order chi connectivity index (χ1) is 19.4. The number of hydrogen-bond acceptors (Lipinski definition) is 9. The topological polar surface area (TPSA) is 119 Å². The van der Waals surface area contributed by atoms with Gasteiger partial charge in [-0.05, 0) is 39.0 Å². The van der Waals surface area contributed by atoms with Crippen LogP contribution in [0.3, 0.4) is 0 Å². The van der Waals surface area contributed by atoms with Crippen LogP contribution in [0.15, 0.2) is 61.3 Å². The number of imidazole rings is 1. The van der Waals surface area contributed by atoms with E-state index in [9.17, 15) is 4.79 Å². The maximum atomic E-state index is 13.6. The van der Waals surface area contributed by atoms with Gasteiger partial charge in [-0.15, -0.1) is 0 Å². The van der Waals surface area contributed by atoms with Gasteiger partial charge in [-0.1, -0.05) is 0 Å². The summed E-state index contributed by atoms with van der Waals surface area (Å²) in [6.45, 7) is 7.92. The lowest BCUT2D eigenvalue weighted by Gasteiger charge is -2.38. The molecular formula is C29H30N8O3. The molecule has 0 aliphatic carbocycles. The van der Waals surface area contributed by atoms with Gasteiger partial charge in [0, 0.05) is 68.3 Å². The zero-order valence-corrected chi connectivity index (χ0v) is 22.8. The molecule has 0 saturated carbocycles. The van der Waals surface area contributed by atoms with Gasteiger partial charge < -0.3 is 29.4 Å². The Labute approximate surface area is 231 Å². The minimum absolute atomic E-state index is 0.299. The number of amides is 1.